The quantitative estimate of drug-likeness (QED) is 0.528. The average Bonchev–Trinajstić information content (AvgIpc) is 3.10. The van der Waals surface area contributed by atoms with Crippen molar-refractivity contribution in [2.75, 3.05) is 0 Å². The first-order valence-corrected chi connectivity index (χ1v) is 10.4. The fourth-order valence-electron chi connectivity index (χ4n) is 3.91. The monoisotopic (exact) mass is 435 g/mol. The van der Waals surface area contributed by atoms with Gasteiger partial charge in [0.2, 0.25) is 0 Å². The number of benzene rings is 1. The zero-order chi connectivity index (χ0) is 19.7. The van der Waals surface area contributed by atoms with Crippen molar-refractivity contribution in [1.82, 2.24) is 19.3 Å². The molecule has 142 valence electrons. The third-order valence-corrected chi connectivity index (χ3v) is 5.85. The molecule has 0 atom stereocenters. The van der Waals surface area contributed by atoms with Crippen molar-refractivity contribution in [2.45, 2.75) is 46.1 Å². The molecular weight excluding hydrogens is 414 g/mol. The number of nitrogens with zero attached hydrogens (tertiary/aromatic N) is 5. The van der Waals surface area contributed by atoms with Gasteiger partial charge in [0.1, 0.15) is 11.9 Å². The Hall–Kier alpha value is -2.65. The number of hydrogen-bond donors (Lipinski definition) is 0. The maximum absolute atomic E-state index is 9.83. The van der Waals surface area contributed by atoms with Crippen molar-refractivity contribution >= 4 is 27.6 Å². The van der Waals surface area contributed by atoms with Crippen molar-refractivity contribution in [3.05, 3.63) is 63.4 Å². The Morgan fingerprint density at radius 1 is 1.14 bits per heavy atom. The van der Waals surface area contributed by atoms with Crippen molar-refractivity contribution < 1.29 is 0 Å². The van der Waals surface area contributed by atoms with Gasteiger partial charge in [0, 0.05) is 34.5 Å². The van der Waals surface area contributed by atoms with Gasteiger partial charge in [0.05, 0.1) is 5.57 Å². The molecule has 0 saturated heterocycles. The largest absolute Gasteiger partial charge is 0.318 e. The van der Waals surface area contributed by atoms with E-state index in [2.05, 4.69) is 73.4 Å². The zero-order valence-electron chi connectivity index (χ0n) is 16.1. The molecule has 3 heterocycles. The molecule has 1 aromatic carbocycles. The summed E-state index contributed by atoms with van der Waals surface area (Å²) >= 11 is 3.49. The highest BCUT2D eigenvalue weighted by atomic mass is 79.9. The van der Waals surface area contributed by atoms with E-state index in [1.54, 1.807) is 0 Å². The van der Waals surface area contributed by atoms with E-state index in [9.17, 15) is 5.26 Å². The topological polar surface area (TPSA) is 59.4 Å². The highest BCUT2D eigenvalue weighted by molar-refractivity contribution is 9.10. The smallest absolute Gasteiger partial charge is 0.174 e. The number of halogens is 1. The summed E-state index contributed by atoms with van der Waals surface area (Å²) < 4.78 is 5.38. The number of allylic oxidation sites excluding steroid dienone is 1. The molecule has 0 saturated carbocycles. The van der Waals surface area contributed by atoms with Gasteiger partial charge in [-0.15, -0.1) is 10.2 Å². The molecule has 0 radical (unpaired) electrons. The Balaban J connectivity index is 1.76. The second-order valence-corrected chi connectivity index (χ2v) is 8.13. The summed E-state index contributed by atoms with van der Waals surface area (Å²) in [7, 11) is 0. The molecule has 1 aliphatic heterocycles. The van der Waals surface area contributed by atoms with Gasteiger partial charge in [-0.1, -0.05) is 22.4 Å². The van der Waals surface area contributed by atoms with E-state index in [4.69, 9.17) is 0 Å². The van der Waals surface area contributed by atoms with Crippen LogP contribution >= 0.6 is 15.9 Å². The van der Waals surface area contributed by atoms with Gasteiger partial charge in [0.15, 0.2) is 5.82 Å². The van der Waals surface area contributed by atoms with E-state index in [0.29, 0.717) is 11.4 Å². The summed E-state index contributed by atoms with van der Waals surface area (Å²) in [5, 5.41) is 18.5. The predicted molar refractivity (Wildman–Crippen MR) is 114 cm³/mol. The molecule has 6 heteroatoms. The fourth-order valence-corrected chi connectivity index (χ4v) is 4.17. The van der Waals surface area contributed by atoms with Crippen LogP contribution < -0.4 is 0 Å². The molecule has 0 fully saturated rings. The van der Waals surface area contributed by atoms with Gasteiger partial charge in [-0.05, 0) is 68.7 Å². The van der Waals surface area contributed by atoms with Crippen LogP contribution in [0.15, 0.2) is 34.8 Å². The van der Waals surface area contributed by atoms with Crippen LogP contribution in [0.4, 0.5) is 0 Å². The van der Waals surface area contributed by atoms with Crippen molar-refractivity contribution in [1.29, 1.82) is 5.26 Å². The van der Waals surface area contributed by atoms with Crippen LogP contribution in [0.5, 0.6) is 0 Å². The summed E-state index contributed by atoms with van der Waals surface area (Å²) in [4.78, 5) is 0. The van der Waals surface area contributed by atoms with Crippen molar-refractivity contribution in [3.63, 3.8) is 0 Å². The lowest BCUT2D eigenvalue weighted by atomic mass is 10.1. The zero-order valence-corrected chi connectivity index (χ0v) is 17.7. The average molecular weight is 436 g/mol. The van der Waals surface area contributed by atoms with E-state index in [1.165, 1.54) is 6.42 Å². The molecule has 0 unspecified atom stereocenters. The minimum atomic E-state index is 0.566. The fraction of sp³-hybridized carbons (Fsp3) is 0.318. The van der Waals surface area contributed by atoms with Gasteiger partial charge in [-0.25, -0.2) is 0 Å². The minimum absolute atomic E-state index is 0.566. The van der Waals surface area contributed by atoms with Crippen LogP contribution in [0.2, 0.25) is 0 Å². The molecule has 0 bridgehead atoms. The number of rotatable bonds is 3. The maximum Gasteiger partial charge on any atom is 0.174 e. The van der Waals surface area contributed by atoms with E-state index in [0.717, 1.165) is 58.7 Å². The third kappa shape index (κ3) is 3.43. The normalized spacial score (nSPS) is 14.4. The van der Waals surface area contributed by atoms with Gasteiger partial charge < -0.3 is 9.13 Å². The van der Waals surface area contributed by atoms with Gasteiger partial charge in [-0.2, -0.15) is 5.26 Å². The Bertz CT molecular complexity index is 1080. The maximum atomic E-state index is 9.83. The molecule has 0 aliphatic carbocycles. The Labute approximate surface area is 173 Å². The second kappa shape index (κ2) is 7.76. The van der Waals surface area contributed by atoms with Crippen molar-refractivity contribution in [2.24, 2.45) is 0 Å². The van der Waals surface area contributed by atoms with Gasteiger partial charge >= 0.3 is 0 Å². The summed E-state index contributed by atoms with van der Waals surface area (Å²) in [6.45, 7) is 5.05. The summed E-state index contributed by atoms with van der Waals surface area (Å²) in [5.41, 5.74) is 4.93. The van der Waals surface area contributed by atoms with Crippen LogP contribution in [0.25, 0.3) is 17.3 Å². The number of fused-ring (bicyclic) bond motifs is 1. The number of aryl methyl sites for hydroxylation is 2. The second-order valence-electron chi connectivity index (χ2n) is 7.21. The van der Waals surface area contributed by atoms with E-state index >= 15 is 0 Å². The lowest BCUT2D eigenvalue weighted by molar-refractivity contribution is 0.627. The highest BCUT2D eigenvalue weighted by Crippen LogP contribution is 2.26. The predicted octanol–water partition coefficient (Wildman–Crippen LogP) is 5.24. The Morgan fingerprint density at radius 2 is 1.93 bits per heavy atom. The number of nitriles is 1. The lowest BCUT2D eigenvalue weighted by Crippen LogP contribution is -2.05. The van der Waals surface area contributed by atoms with Crippen LogP contribution in [0, 0.1) is 25.2 Å². The molecule has 0 N–H and O–H groups in total. The lowest BCUT2D eigenvalue weighted by Gasteiger charge is -2.10. The van der Waals surface area contributed by atoms with Gasteiger partial charge in [0.25, 0.3) is 0 Å². The first kappa shape index (κ1) is 18.7. The molecule has 2 aromatic heterocycles. The van der Waals surface area contributed by atoms with Crippen LogP contribution in [-0.2, 0) is 13.0 Å². The van der Waals surface area contributed by atoms with Crippen LogP contribution in [0.3, 0.4) is 0 Å². The molecule has 0 spiro atoms. The summed E-state index contributed by atoms with van der Waals surface area (Å²) in [6, 6.07) is 12.7. The molecule has 5 nitrogen and oxygen atoms in total. The Morgan fingerprint density at radius 3 is 2.68 bits per heavy atom. The number of hydrogen-bond acceptors (Lipinski definition) is 3. The molecule has 28 heavy (non-hydrogen) atoms. The standard InChI is InChI=1S/C22H22BrN5/c1-15-12-17(16(2)28(15)20-9-7-19(23)8-10-20)13-18(14-24)22-26-25-21-6-4-3-5-11-27(21)22/h7-10,12-13H,3-6,11H2,1-2H3. The first-order valence-electron chi connectivity index (χ1n) is 9.57. The van der Waals surface area contributed by atoms with Crippen LogP contribution in [-0.4, -0.2) is 19.3 Å². The minimum Gasteiger partial charge on any atom is -0.318 e. The Kier molecular flexibility index (Phi) is 5.19. The molecule has 0 amide bonds. The van der Waals surface area contributed by atoms with E-state index < -0.39 is 0 Å². The summed E-state index contributed by atoms with van der Waals surface area (Å²) in [5.74, 6) is 1.68. The molecule has 3 aromatic rings. The van der Waals surface area contributed by atoms with Crippen LogP contribution in [0.1, 0.15) is 47.9 Å². The SMILES string of the molecule is Cc1cc(C=C(C#N)c2nnc3n2CCCCC3)c(C)n1-c1ccc(Br)cc1. The molecule has 1 aliphatic rings. The summed E-state index contributed by atoms with van der Waals surface area (Å²) in [6.07, 6.45) is 6.32. The highest BCUT2D eigenvalue weighted by Gasteiger charge is 2.18. The van der Waals surface area contributed by atoms with Gasteiger partial charge in [-0.3, -0.25) is 0 Å². The van der Waals surface area contributed by atoms with E-state index in [1.807, 2.05) is 18.2 Å². The molecular formula is C22H22BrN5. The third-order valence-electron chi connectivity index (χ3n) is 5.33. The first-order chi connectivity index (χ1) is 13.6. The molecule has 4 rings (SSSR count). The van der Waals surface area contributed by atoms with E-state index in [-0.39, 0.29) is 0 Å². The van der Waals surface area contributed by atoms with Crippen molar-refractivity contribution in [3.8, 4) is 11.8 Å². The number of aromatic nitrogens is 4.